The molecule has 2 aromatic carbocycles. The molecule has 0 fully saturated rings. The molecule has 1 amide bonds. The van der Waals surface area contributed by atoms with Gasteiger partial charge in [-0.15, -0.1) is 0 Å². The first-order valence-electron chi connectivity index (χ1n) is 11.8. The molecule has 0 atom stereocenters. The summed E-state index contributed by atoms with van der Waals surface area (Å²) in [6, 6.07) is 12.9. The van der Waals surface area contributed by atoms with Crippen molar-refractivity contribution in [3.05, 3.63) is 69.8 Å². The SMILES string of the molecule is CN(CCc1ccc(C2=NCCN2)cc1)C(=O)CCN(C)S(=O)(=O)c1cccc([N+](=O)[O-])c1.O=C(O)C(F)(F)F. The Hall–Kier alpha value is -4.05. The van der Waals surface area contributed by atoms with Gasteiger partial charge < -0.3 is 15.3 Å². The number of hydrogen-bond donors (Lipinski definition) is 2. The van der Waals surface area contributed by atoms with Crippen molar-refractivity contribution in [3.63, 3.8) is 0 Å². The van der Waals surface area contributed by atoms with Crippen LogP contribution in [0.25, 0.3) is 0 Å². The summed E-state index contributed by atoms with van der Waals surface area (Å²) in [5.41, 5.74) is 1.82. The van der Waals surface area contributed by atoms with Crippen molar-refractivity contribution in [1.82, 2.24) is 14.5 Å². The van der Waals surface area contributed by atoms with Gasteiger partial charge in [0.1, 0.15) is 5.84 Å². The van der Waals surface area contributed by atoms with Crippen LogP contribution in [0.5, 0.6) is 0 Å². The summed E-state index contributed by atoms with van der Waals surface area (Å²) in [5, 5.41) is 21.3. The van der Waals surface area contributed by atoms with Crippen LogP contribution in [0, 0.1) is 10.1 Å². The van der Waals surface area contributed by atoms with Gasteiger partial charge in [-0.2, -0.15) is 13.2 Å². The number of alkyl halides is 3. The van der Waals surface area contributed by atoms with Crippen LogP contribution in [0.1, 0.15) is 17.5 Å². The Kier molecular flexibility index (Phi) is 11.1. The van der Waals surface area contributed by atoms with Gasteiger partial charge in [-0.1, -0.05) is 30.3 Å². The number of carbonyl (C=O) groups excluding carboxylic acids is 1. The fraction of sp³-hybridized carbons (Fsp3) is 0.375. The van der Waals surface area contributed by atoms with Crippen LogP contribution in [0.3, 0.4) is 0 Å². The van der Waals surface area contributed by atoms with Gasteiger partial charge in [0.25, 0.3) is 5.69 Å². The van der Waals surface area contributed by atoms with Crippen molar-refractivity contribution in [2.45, 2.75) is 23.9 Å². The zero-order chi connectivity index (χ0) is 30.1. The smallest absolute Gasteiger partial charge is 0.475 e. The first kappa shape index (κ1) is 32.2. The number of nitrogens with zero attached hydrogens (tertiary/aromatic N) is 4. The normalized spacial score (nSPS) is 13.1. The van der Waals surface area contributed by atoms with E-state index >= 15 is 0 Å². The summed E-state index contributed by atoms with van der Waals surface area (Å²) >= 11 is 0. The van der Waals surface area contributed by atoms with Crippen LogP contribution in [-0.2, 0) is 26.0 Å². The number of aliphatic carboxylic acids is 1. The van der Waals surface area contributed by atoms with E-state index < -0.39 is 27.1 Å². The molecule has 1 heterocycles. The quantitative estimate of drug-likeness (QED) is 0.316. The van der Waals surface area contributed by atoms with Crippen molar-refractivity contribution in [1.29, 1.82) is 0 Å². The largest absolute Gasteiger partial charge is 0.490 e. The predicted molar refractivity (Wildman–Crippen MR) is 138 cm³/mol. The number of sulfonamides is 1. The maximum atomic E-state index is 12.7. The molecule has 0 unspecified atom stereocenters. The van der Waals surface area contributed by atoms with E-state index in [1.807, 2.05) is 24.3 Å². The number of nitro groups is 1. The Morgan fingerprint density at radius 1 is 1.12 bits per heavy atom. The minimum atomic E-state index is -5.08. The summed E-state index contributed by atoms with van der Waals surface area (Å²) in [7, 11) is -0.902. The van der Waals surface area contributed by atoms with Crippen molar-refractivity contribution >= 4 is 33.4 Å². The molecule has 2 aromatic rings. The third-order valence-corrected chi connectivity index (χ3v) is 7.54. The molecule has 0 radical (unpaired) electrons. The lowest BCUT2D eigenvalue weighted by molar-refractivity contribution is -0.385. The van der Waals surface area contributed by atoms with Crippen molar-refractivity contribution in [2.24, 2.45) is 4.99 Å². The Bertz CT molecular complexity index is 1350. The molecule has 2 N–H and O–H groups in total. The molecule has 0 aromatic heterocycles. The van der Waals surface area contributed by atoms with E-state index in [2.05, 4.69) is 10.3 Å². The van der Waals surface area contributed by atoms with Crippen molar-refractivity contribution in [3.8, 4) is 0 Å². The van der Waals surface area contributed by atoms with Crippen LogP contribution in [-0.4, -0.2) is 91.8 Å². The molecule has 16 heteroatoms. The maximum Gasteiger partial charge on any atom is 0.490 e. The second-order valence-corrected chi connectivity index (χ2v) is 10.6. The number of carboxylic acid groups (broad SMARTS) is 1. The zero-order valence-electron chi connectivity index (χ0n) is 21.6. The number of carboxylic acids is 1. The number of benzene rings is 2. The third-order valence-electron chi connectivity index (χ3n) is 5.68. The number of hydrogen-bond acceptors (Lipinski definition) is 8. The van der Waals surface area contributed by atoms with Gasteiger partial charge in [0.05, 0.1) is 16.4 Å². The number of carbonyl (C=O) groups is 2. The molecule has 0 spiro atoms. The van der Waals surface area contributed by atoms with Crippen LogP contribution in [0.2, 0.25) is 0 Å². The van der Waals surface area contributed by atoms with Gasteiger partial charge >= 0.3 is 12.1 Å². The van der Waals surface area contributed by atoms with E-state index in [0.717, 1.165) is 40.4 Å². The Morgan fingerprint density at radius 3 is 2.27 bits per heavy atom. The Morgan fingerprint density at radius 2 is 1.75 bits per heavy atom. The maximum absolute atomic E-state index is 12.7. The van der Waals surface area contributed by atoms with Gasteiger partial charge in [-0.05, 0) is 18.1 Å². The van der Waals surface area contributed by atoms with Crippen LogP contribution in [0.15, 0.2) is 58.4 Å². The number of nitrogens with one attached hydrogen (secondary N) is 1. The van der Waals surface area contributed by atoms with E-state index in [9.17, 15) is 36.5 Å². The molecule has 3 rings (SSSR count). The average molecular weight is 588 g/mol. The number of amides is 1. The fourth-order valence-electron chi connectivity index (χ4n) is 3.34. The number of aliphatic imine (C=N–C) groups is 1. The van der Waals surface area contributed by atoms with E-state index in [1.54, 1.807) is 11.9 Å². The first-order valence-corrected chi connectivity index (χ1v) is 13.2. The average Bonchev–Trinajstić information content (AvgIpc) is 3.45. The van der Waals surface area contributed by atoms with E-state index in [1.165, 1.54) is 25.2 Å². The molecule has 1 aliphatic rings. The first-order chi connectivity index (χ1) is 18.6. The number of likely N-dealkylation sites (N-methyl/N-ethyl adjacent to an activating group) is 1. The summed E-state index contributed by atoms with van der Waals surface area (Å²) in [6.07, 6.45) is -4.41. The van der Waals surface area contributed by atoms with Crippen LogP contribution >= 0.6 is 0 Å². The standard InChI is InChI=1S/C22H27N5O5S.C2HF3O2/c1-25(14-10-17-6-8-18(9-7-17)22-23-12-13-24-22)21(28)11-15-26(2)33(31,32)20-5-3-4-19(16-20)27(29)30;3-2(4,5)1(6)7/h3-9,16H,10-15H2,1-2H3,(H,23,24);(H,6,7). The third kappa shape index (κ3) is 9.30. The number of non-ortho nitro benzene ring substituents is 1. The van der Waals surface area contributed by atoms with E-state index in [4.69, 9.17) is 9.90 Å². The van der Waals surface area contributed by atoms with E-state index in [-0.39, 0.29) is 29.5 Å². The number of nitro benzene ring substituents is 1. The predicted octanol–water partition coefficient (Wildman–Crippen LogP) is 2.29. The second-order valence-electron chi connectivity index (χ2n) is 8.55. The van der Waals surface area contributed by atoms with E-state index in [0.29, 0.717) is 13.0 Å². The van der Waals surface area contributed by atoms with Crippen LogP contribution in [0.4, 0.5) is 18.9 Å². The molecule has 0 aliphatic carbocycles. The van der Waals surface area contributed by atoms with Crippen molar-refractivity contribution < 1.29 is 41.2 Å². The minimum absolute atomic E-state index is 0.00554. The summed E-state index contributed by atoms with van der Waals surface area (Å²) in [4.78, 5) is 37.4. The monoisotopic (exact) mass is 587 g/mol. The fourth-order valence-corrected chi connectivity index (χ4v) is 4.56. The molecule has 12 nitrogen and oxygen atoms in total. The molecule has 0 bridgehead atoms. The summed E-state index contributed by atoms with van der Waals surface area (Å²) in [5.74, 6) is -2.04. The number of halogens is 3. The zero-order valence-corrected chi connectivity index (χ0v) is 22.4. The van der Waals surface area contributed by atoms with Gasteiger partial charge in [0, 0.05) is 57.8 Å². The molecule has 0 saturated carbocycles. The molecular weight excluding hydrogens is 559 g/mol. The highest BCUT2D eigenvalue weighted by Gasteiger charge is 2.38. The topological polar surface area (TPSA) is 163 Å². The highest BCUT2D eigenvalue weighted by molar-refractivity contribution is 7.89. The van der Waals surface area contributed by atoms with Crippen molar-refractivity contribution in [2.75, 3.05) is 40.3 Å². The molecule has 1 aliphatic heterocycles. The van der Waals surface area contributed by atoms with Gasteiger partial charge in [-0.3, -0.25) is 19.9 Å². The van der Waals surface area contributed by atoms with Gasteiger partial charge in [0.15, 0.2) is 0 Å². The Labute approximate surface area is 228 Å². The highest BCUT2D eigenvalue weighted by atomic mass is 32.2. The highest BCUT2D eigenvalue weighted by Crippen LogP contribution is 2.20. The number of rotatable bonds is 10. The minimum Gasteiger partial charge on any atom is -0.475 e. The molecule has 218 valence electrons. The molecular formula is C24H28F3N5O7S. The Balaban J connectivity index is 0.000000708. The summed E-state index contributed by atoms with van der Waals surface area (Å²) < 4.78 is 58.2. The van der Waals surface area contributed by atoms with Gasteiger partial charge in [0.2, 0.25) is 15.9 Å². The molecule has 40 heavy (non-hydrogen) atoms. The van der Waals surface area contributed by atoms with Crippen LogP contribution < -0.4 is 5.32 Å². The summed E-state index contributed by atoms with van der Waals surface area (Å²) in [6.45, 7) is 2.11. The number of amidine groups is 1. The second kappa shape index (κ2) is 13.8. The lowest BCUT2D eigenvalue weighted by Gasteiger charge is -2.20. The van der Waals surface area contributed by atoms with Gasteiger partial charge in [-0.25, -0.2) is 17.5 Å². The molecule has 0 saturated heterocycles. The lowest BCUT2D eigenvalue weighted by Crippen LogP contribution is -2.34. The lowest BCUT2D eigenvalue weighted by atomic mass is 10.1.